The molecule has 3 N–H and O–H groups in total. The summed E-state index contributed by atoms with van der Waals surface area (Å²) in [6.07, 6.45) is 1.07. The maximum atomic E-state index is 10.6. The van der Waals surface area contributed by atoms with E-state index in [-0.39, 0.29) is 19.3 Å². The maximum absolute atomic E-state index is 10.6. The molecule has 1 aliphatic heterocycles. The van der Waals surface area contributed by atoms with E-state index < -0.39 is 6.10 Å². The van der Waals surface area contributed by atoms with E-state index in [0.717, 1.165) is 53.4 Å². The van der Waals surface area contributed by atoms with Crippen LogP contribution in [-0.2, 0) is 6.61 Å². The molecule has 3 aromatic carbocycles. The molecular weight excluding hydrogens is 402 g/mol. The lowest BCUT2D eigenvalue weighted by atomic mass is 9.94. The highest BCUT2D eigenvalue weighted by atomic mass is 16.5. The second-order valence-electron chi connectivity index (χ2n) is 9.34. The van der Waals surface area contributed by atoms with Gasteiger partial charge in [0, 0.05) is 19.6 Å². The lowest BCUT2D eigenvalue weighted by molar-refractivity contribution is 0.0708. The predicted octanol–water partition coefficient (Wildman–Crippen LogP) is 3.44. The Morgan fingerprint density at radius 2 is 1.66 bits per heavy atom. The first-order valence-corrected chi connectivity index (χ1v) is 11.5. The van der Waals surface area contributed by atoms with E-state index in [2.05, 4.69) is 17.0 Å². The second kappa shape index (κ2) is 9.20. The molecule has 2 fully saturated rings. The third-order valence-electron chi connectivity index (χ3n) is 7.03. The normalized spacial score (nSPS) is 24.0. The predicted molar refractivity (Wildman–Crippen MR) is 125 cm³/mol. The van der Waals surface area contributed by atoms with E-state index in [9.17, 15) is 15.3 Å². The standard InChI is InChI=1S/C27H31NO4/c29-16-19-6-2-4-8-26(19)27-12-24(11-18-5-1-3-7-25(18)27)32-17-23(31)15-28-13-20-9-22(30)10-21(20)14-28/h1-8,11-12,20-23,29-31H,9-10,13-17H2/t20-,21+,22?,23?. The fourth-order valence-corrected chi connectivity index (χ4v) is 5.57. The van der Waals surface area contributed by atoms with Gasteiger partial charge in [-0.05, 0) is 64.3 Å². The summed E-state index contributed by atoms with van der Waals surface area (Å²) in [6, 6.07) is 20.0. The van der Waals surface area contributed by atoms with Crippen LogP contribution < -0.4 is 4.74 Å². The minimum absolute atomic E-state index is 0.0247. The Labute approximate surface area is 188 Å². The number of fused-ring (bicyclic) bond motifs is 2. The van der Waals surface area contributed by atoms with E-state index in [0.29, 0.717) is 24.1 Å². The lowest BCUT2D eigenvalue weighted by Gasteiger charge is -2.22. The van der Waals surface area contributed by atoms with Gasteiger partial charge >= 0.3 is 0 Å². The average molecular weight is 434 g/mol. The molecule has 1 saturated heterocycles. The molecule has 0 amide bonds. The van der Waals surface area contributed by atoms with Gasteiger partial charge in [-0.25, -0.2) is 0 Å². The Bertz CT molecular complexity index is 1070. The molecule has 1 aliphatic carbocycles. The molecule has 5 rings (SSSR count). The van der Waals surface area contributed by atoms with Gasteiger partial charge in [-0.1, -0.05) is 48.5 Å². The summed E-state index contributed by atoms with van der Waals surface area (Å²) in [5, 5.41) is 32.4. The number of β-amino-alcohol motifs (C(OH)–C–C–N with tert-alkyl or cyclic N) is 1. The van der Waals surface area contributed by atoms with Crippen molar-refractivity contribution in [3.63, 3.8) is 0 Å². The second-order valence-corrected chi connectivity index (χ2v) is 9.34. The van der Waals surface area contributed by atoms with Crippen molar-refractivity contribution in [3.05, 3.63) is 66.2 Å². The molecule has 5 nitrogen and oxygen atoms in total. The van der Waals surface area contributed by atoms with Crippen molar-refractivity contribution in [3.8, 4) is 16.9 Å². The molecular formula is C27H31NO4. The summed E-state index contributed by atoms with van der Waals surface area (Å²) >= 11 is 0. The number of aliphatic hydroxyl groups is 3. The molecule has 3 aromatic rings. The summed E-state index contributed by atoms with van der Waals surface area (Å²) in [6.45, 7) is 2.71. The van der Waals surface area contributed by atoms with Crippen LogP contribution >= 0.6 is 0 Å². The molecule has 0 aromatic heterocycles. The van der Waals surface area contributed by atoms with Crippen LogP contribution in [0.4, 0.5) is 0 Å². The molecule has 5 heteroatoms. The Kier molecular flexibility index (Phi) is 6.15. The van der Waals surface area contributed by atoms with E-state index in [1.807, 2.05) is 48.5 Å². The van der Waals surface area contributed by atoms with Crippen LogP contribution in [0.5, 0.6) is 5.75 Å². The summed E-state index contributed by atoms with van der Waals surface area (Å²) in [5.74, 6) is 1.84. The highest BCUT2D eigenvalue weighted by Crippen LogP contribution is 2.38. The van der Waals surface area contributed by atoms with E-state index in [1.54, 1.807) is 0 Å². The molecule has 1 heterocycles. The number of ether oxygens (including phenoxy) is 1. The van der Waals surface area contributed by atoms with Crippen molar-refractivity contribution >= 4 is 10.8 Å². The zero-order valence-electron chi connectivity index (χ0n) is 18.2. The largest absolute Gasteiger partial charge is 0.491 e. The highest BCUT2D eigenvalue weighted by molar-refractivity contribution is 5.98. The van der Waals surface area contributed by atoms with Crippen LogP contribution in [0, 0.1) is 11.8 Å². The quantitative estimate of drug-likeness (QED) is 0.532. The number of likely N-dealkylation sites (tertiary alicyclic amines) is 1. The third kappa shape index (κ3) is 4.39. The first-order valence-electron chi connectivity index (χ1n) is 11.5. The first kappa shape index (κ1) is 21.4. The molecule has 0 bridgehead atoms. The average Bonchev–Trinajstić information content (AvgIpc) is 3.33. The molecule has 1 saturated carbocycles. The zero-order valence-corrected chi connectivity index (χ0v) is 18.2. The van der Waals surface area contributed by atoms with Crippen molar-refractivity contribution in [2.75, 3.05) is 26.2 Å². The van der Waals surface area contributed by atoms with Crippen molar-refractivity contribution in [2.24, 2.45) is 11.8 Å². The summed E-state index contributed by atoms with van der Waals surface area (Å²) < 4.78 is 6.05. The van der Waals surface area contributed by atoms with Crippen LogP contribution in [0.25, 0.3) is 21.9 Å². The van der Waals surface area contributed by atoms with Gasteiger partial charge in [-0.2, -0.15) is 0 Å². The minimum atomic E-state index is -0.571. The number of nitrogens with zero attached hydrogens (tertiary/aromatic N) is 1. The fraction of sp³-hybridized carbons (Fsp3) is 0.407. The van der Waals surface area contributed by atoms with Gasteiger partial charge in [0.25, 0.3) is 0 Å². The summed E-state index contributed by atoms with van der Waals surface area (Å²) in [7, 11) is 0. The highest BCUT2D eigenvalue weighted by Gasteiger charge is 2.40. The minimum Gasteiger partial charge on any atom is -0.491 e. The van der Waals surface area contributed by atoms with Crippen LogP contribution in [0.1, 0.15) is 18.4 Å². The van der Waals surface area contributed by atoms with Crippen LogP contribution in [0.15, 0.2) is 60.7 Å². The molecule has 32 heavy (non-hydrogen) atoms. The Balaban J connectivity index is 1.30. The van der Waals surface area contributed by atoms with E-state index in [4.69, 9.17) is 4.74 Å². The Morgan fingerprint density at radius 3 is 2.44 bits per heavy atom. The zero-order chi connectivity index (χ0) is 22.1. The molecule has 2 aliphatic rings. The van der Waals surface area contributed by atoms with Crippen LogP contribution in [-0.4, -0.2) is 58.7 Å². The van der Waals surface area contributed by atoms with Crippen molar-refractivity contribution in [1.82, 2.24) is 4.90 Å². The fourth-order valence-electron chi connectivity index (χ4n) is 5.57. The molecule has 2 unspecified atom stereocenters. The number of aliphatic hydroxyl groups excluding tert-OH is 3. The van der Waals surface area contributed by atoms with Gasteiger partial charge in [-0.15, -0.1) is 0 Å². The number of hydrogen-bond donors (Lipinski definition) is 3. The maximum Gasteiger partial charge on any atom is 0.120 e. The van der Waals surface area contributed by atoms with Crippen LogP contribution in [0.2, 0.25) is 0 Å². The SMILES string of the molecule is OCc1ccccc1-c1cc(OCC(O)CN2C[C@H]3CC(O)C[C@H]3C2)cc2ccccc12. The van der Waals surface area contributed by atoms with Crippen molar-refractivity contribution in [2.45, 2.75) is 31.7 Å². The smallest absolute Gasteiger partial charge is 0.120 e. The number of benzene rings is 3. The van der Waals surface area contributed by atoms with Gasteiger partial charge < -0.3 is 25.0 Å². The summed E-state index contributed by atoms with van der Waals surface area (Å²) in [5.41, 5.74) is 2.88. The Morgan fingerprint density at radius 1 is 0.938 bits per heavy atom. The van der Waals surface area contributed by atoms with Crippen molar-refractivity contribution < 1.29 is 20.1 Å². The third-order valence-corrected chi connectivity index (χ3v) is 7.03. The lowest BCUT2D eigenvalue weighted by Crippen LogP contribution is -2.35. The van der Waals surface area contributed by atoms with Gasteiger partial charge in [0.2, 0.25) is 0 Å². The van der Waals surface area contributed by atoms with Gasteiger partial charge in [0.15, 0.2) is 0 Å². The van der Waals surface area contributed by atoms with Gasteiger partial charge in [0.1, 0.15) is 18.5 Å². The summed E-state index contributed by atoms with van der Waals surface area (Å²) in [4.78, 5) is 2.30. The van der Waals surface area contributed by atoms with E-state index in [1.165, 1.54) is 0 Å². The van der Waals surface area contributed by atoms with Crippen LogP contribution in [0.3, 0.4) is 0 Å². The topological polar surface area (TPSA) is 73.2 Å². The van der Waals surface area contributed by atoms with Crippen molar-refractivity contribution in [1.29, 1.82) is 0 Å². The number of hydrogen-bond acceptors (Lipinski definition) is 5. The first-order chi connectivity index (χ1) is 15.6. The molecule has 168 valence electrons. The molecule has 4 atom stereocenters. The molecule has 0 radical (unpaired) electrons. The molecule has 0 spiro atoms. The van der Waals surface area contributed by atoms with Gasteiger partial charge in [0.05, 0.1) is 12.7 Å². The monoisotopic (exact) mass is 433 g/mol. The van der Waals surface area contributed by atoms with E-state index >= 15 is 0 Å². The van der Waals surface area contributed by atoms with Gasteiger partial charge in [-0.3, -0.25) is 0 Å². The number of rotatable bonds is 7. The Hall–Kier alpha value is -2.44.